The first-order chi connectivity index (χ1) is 19.4. The van der Waals surface area contributed by atoms with E-state index >= 15 is 0 Å². The van der Waals surface area contributed by atoms with Crippen molar-refractivity contribution in [1.82, 2.24) is 24.8 Å². The fraction of sp³-hybridized carbons (Fsp3) is 0.444. The van der Waals surface area contributed by atoms with E-state index in [1.165, 1.54) is 24.3 Å². The van der Waals surface area contributed by atoms with E-state index in [9.17, 15) is 19.2 Å². The number of quaternary nitrogens is 1. The summed E-state index contributed by atoms with van der Waals surface area (Å²) in [5.41, 5.74) is 0.626. The van der Waals surface area contributed by atoms with Crippen molar-refractivity contribution in [3.8, 4) is 0 Å². The standard InChI is InChI=1S/C27H33N7O7/c1-17-11-19(31-25(37)41-27(2,3)4)13-34(17,26(38)39-5)20(35)12-33-16-30-21-22(28-15-29-23(21)33)32-24(36)40-14-18-9-7-6-8-10-18/h6-10,15-17,19H,11-14H2,1-5H3,(H-,28,29,31,32,36,37)/p+1/t17-,19-,34-/m1/s1. The van der Waals surface area contributed by atoms with Gasteiger partial charge in [-0.3, -0.25) is 5.32 Å². The van der Waals surface area contributed by atoms with E-state index in [1.807, 2.05) is 30.3 Å². The van der Waals surface area contributed by atoms with Gasteiger partial charge in [0.25, 0.3) is 0 Å². The van der Waals surface area contributed by atoms with Gasteiger partial charge in [0.15, 0.2) is 17.0 Å². The summed E-state index contributed by atoms with van der Waals surface area (Å²) in [6, 6.07) is 8.21. The molecule has 1 saturated heterocycles. The van der Waals surface area contributed by atoms with Gasteiger partial charge in [0.05, 0.1) is 19.5 Å². The van der Waals surface area contributed by atoms with Gasteiger partial charge in [-0.25, -0.2) is 29.3 Å². The quantitative estimate of drug-likeness (QED) is 0.333. The zero-order valence-corrected chi connectivity index (χ0v) is 23.6. The molecule has 0 spiro atoms. The Balaban J connectivity index is 1.49. The first-order valence-electron chi connectivity index (χ1n) is 13.1. The molecule has 3 heterocycles. The third kappa shape index (κ3) is 6.60. The van der Waals surface area contributed by atoms with Crippen molar-refractivity contribution in [2.75, 3.05) is 19.0 Å². The van der Waals surface area contributed by atoms with Gasteiger partial charge in [0.1, 0.15) is 37.7 Å². The first-order valence-corrected chi connectivity index (χ1v) is 13.1. The molecule has 0 radical (unpaired) electrons. The second kappa shape index (κ2) is 11.9. The number of nitrogens with one attached hydrogen (secondary N) is 2. The summed E-state index contributed by atoms with van der Waals surface area (Å²) in [5.74, 6) is -0.375. The largest absolute Gasteiger partial charge is 0.523 e. The fourth-order valence-corrected chi connectivity index (χ4v) is 4.86. The number of hydrogen-bond acceptors (Lipinski definition) is 10. The second-order valence-electron chi connectivity index (χ2n) is 10.8. The van der Waals surface area contributed by atoms with Gasteiger partial charge in [-0.05, 0) is 33.3 Å². The van der Waals surface area contributed by atoms with Crippen molar-refractivity contribution in [2.45, 2.75) is 65.0 Å². The Hall–Kier alpha value is -4.59. The smallest absolute Gasteiger partial charge is 0.444 e. The summed E-state index contributed by atoms with van der Waals surface area (Å²) in [5, 5.41) is 5.32. The van der Waals surface area contributed by atoms with E-state index in [4.69, 9.17) is 14.2 Å². The second-order valence-corrected chi connectivity index (χ2v) is 10.8. The van der Waals surface area contributed by atoms with Gasteiger partial charge in [-0.2, -0.15) is 9.28 Å². The molecular formula is C27H34N7O7+. The molecule has 41 heavy (non-hydrogen) atoms. The highest BCUT2D eigenvalue weighted by molar-refractivity contribution is 5.93. The number of imidazole rings is 1. The molecule has 4 amide bonds. The number of carbonyl (C=O) groups is 4. The Bertz CT molecular complexity index is 1440. The summed E-state index contributed by atoms with van der Waals surface area (Å²) in [7, 11) is 1.21. The van der Waals surface area contributed by atoms with Crippen LogP contribution in [0.1, 0.15) is 39.7 Å². The molecule has 0 saturated carbocycles. The average Bonchev–Trinajstić information content (AvgIpc) is 3.47. The van der Waals surface area contributed by atoms with E-state index in [2.05, 4.69) is 25.6 Å². The summed E-state index contributed by atoms with van der Waals surface area (Å²) in [6.45, 7) is 6.78. The minimum absolute atomic E-state index is 0.00636. The van der Waals surface area contributed by atoms with Crippen LogP contribution in [-0.2, 0) is 32.2 Å². The predicted octanol–water partition coefficient (Wildman–Crippen LogP) is 3.37. The highest BCUT2D eigenvalue weighted by atomic mass is 16.6. The van der Waals surface area contributed by atoms with Crippen molar-refractivity contribution < 1.29 is 37.9 Å². The number of rotatable bonds is 6. The summed E-state index contributed by atoms with van der Waals surface area (Å²) >= 11 is 0. The number of likely N-dealkylation sites (tertiary alicyclic amines) is 1. The van der Waals surface area contributed by atoms with Crippen molar-refractivity contribution in [3.63, 3.8) is 0 Å². The highest BCUT2D eigenvalue weighted by Gasteiger charge is 2.57. The molecule has 0 aliphatic carbocycles. The number of nitrogens with zero attached hydrogens (tertiary/aromatic N) is 5. The maximum absolute atomic E-state index is 13.8. The van der Waals surface area contributed by atoms with Crippen LogP contribution in [0.25, 0.3) is 11.2 Å². The Labute approximate surface area is 236 Å². The van der Waals surface area contributed by atoms with Gasteiger partial charge in [0, 0.05) is 6.42 Å². The summed E-state index contributed by atoms with van der Waals surface area (Å²) in [4.78, 5) is 64.2. The molecular weight excluding hydrogens is 534 g/mol. The lowest BCUT2D eigenvalue weighted by molar-refractivity contribution is -0.793. The average molecular weight is 569 g/mol. The molecule has 14 heteroatoms. The van der Waals surface area contributed by atoms with Crippen LogP contribution in [-0.4, -0.2) is 79.5 Å². The molecule has 1 fully saturated rings. The van der Waals surface area contributed by atoms with Gasteiger partial charge in [-0.1, -0.05) is 30.3 Å². The highest BCUT2D eigenvalue weighted by Crippen LogP contribution is 2.30. The minimum atomic E-state index is -0.737. The maximum Gasteiger partial charge on any atom is 0.523 e. The SMILES string of the molecule is COC(=O)[N@+]1(C(=O)Cn2cnc3c(NC(=O)OCc4ccccc4)ncnc32)C[C@H](NC(=O)OC(C)(C)C)C[C@H]1C. The van der Waals surface area contributed by atoms with E-state index in [-0.39, 0.29) is 36.7 Å². The molecule has 0 bridgehead atoms. The lowest BCUT2D eigenvalue weighted by Gasteiger charge is -2.31. The van der Waals surface area contributed by atoms with E-state index in [1.54, 1.807) is 27.7 Å². The lowest BCUT2D eigenvalue weighted by atomic mass is 10.2. The molecule has 3 atom stereocenters. The minimum Gasteiger partial charge on any atom is -0.444 e. The number of benzene rings is 1. The van der Waals surface area contributed by atoms with Crippen molar-refractivity contribution in [2.24, 2.45) is 0 Å². The van der Waals surface area contributed by atoms with Gasteiger partial charge >= 0.3 is 24.2 Å². The normalized spacial score (nSPS) is 20.3. The number of anilines is 1. The van der Waals surface area contributed by atoms with Crippen molar-refractivity contribution >= 4 is 41.2 Å². The van der Waals surface area contributed by atoms with Crippen molar-refractivity contribution in [3.05, 3.63) is 48.5 Å². The predicted molar refractivity (Wildman–Crippen MR) is 145 cm³/mol. The number of aromatic nitrogens is 4. The molecule has 3 aromatic rings. The number of alkyl carbamates (subject to hydrolysis) is 1. The number of fused-ring (bicyclic) bond motifs is 1. The van der Waals surface area contributed by atoms with Crippen LogP contribution in [0.2, 0.25) is 0 Å². The molecule has 1 aliphatic rings. The van der Waals surface area contributed by atoms with E-state index in [0.717, 1.165) is 5.56 Å². The zero-order chi connectivity index (χ0) is 29.8. The van der Waals surface area contributed by atoms with Gasteiger partial charge in [0.2, 0.25) is 0 Å². The Morgan fingerprint density at radius 2 is 1.80 bits per heavy atom. The monoisotopic (exact) mass is 568 g/mol. The molecule has 4 rings (SSSR count). The molecule has 2 N–H and O–H groups in total. The van der Waals surface area contributed by atoms with Crippen molar-refractivity contribution in [1.29, 1.82) is 0 Å². The summed E-state index contributed by atoms with van der Waals surface area (Å²) < 4.78 is 16.5. The number of hydrogen-bond donors (Lipinski definition) is 2. The van der Waals surface area contributed by atoms with Crippen LogP contribution in [0.3, 0.4) is 0 Å². The maximum atomic E-state index is 13.8. The number of methoxy groups -OCH3 is 1. The van der Waals surface area contributed by atoms with Crippen LogP contribution in [0.15, 0.2) is 43.0 Å². The number of ether oxygens (including phenoxy) is 3. The third-order valence-electron chi connectivity index (χ3n) is 6.69. The molecule has 218 valence electrons. The lowest BCUT2D eigenvalue weighted by Crippen LogP contribution is -2.61. The van der Waals surface area contributed by atoms with Gasteiger partial charge < -0.3 is 24.1 Å². The van der Waals surface area contributed by atoms with E-state index < -0.39 is 46.4 Å². The number of imide groups is 1. The number of amides is 4. The van der Waals surface area contributed by atoms with Crippen LogP contribution in [0, 0.1) is 0 Å². The van der Waals surface area contributed by atoms with Crippen LogP contribution >= 0.6 is 0 Å². The Morgan fingerprint density at radius 1 is 1.07 bits per heavy atom. The van der Waals surface area contributed by atoms with E-state index in [0.29, 0.717) is 6.42 Å². The topological polar surface area (TPSA) is 164 Å². The van der Waals surface area contributed by atoms with Gasteiger partial charge in [-0.15, -0.1) is 0 Å². The van der Waals surface area contributed by atoms with Crippen LogP contribution in [0.4, 0.5) is 20.2 Å². The molecule has 2 aromatic heterocycles. The Kier molecular flexibility index (Phi) is 8.52. The number of carbonyl (C=O) groups excluding carboxylic acids is 4. The third-order valence-corrected chi connectivity index (χ3v) is 6.69. The molecule has 14 nitrogen and oxygen atoms in total. The van der Waals surface area contributed by atoms with Crippen LogP contribution < -0.4 is 10.6 Å². The molecule has 1 aliphatic heterocycles. The zero-order valence-electron chi connectivity index (χ0n) is 23.6. The van der Waals surface area contributed by atoms with Crippen LogP contribution in [0.5, 0.6) is 0 Å². The first kappa shape index (κ1) is 29.4. The summed E-state index contributed by atoms with van der Waals surface area (Å²) in [6.07, 6.45) is 0.852. The molecule has 1 aromatic carbocycles. The Morgan fingerprint density at radius 3 is 2.49 bits per heavy atom. The molecule has 0 unspecified atom stereocenters. The fourth-order valence-electron chi connectivity index (χ4n) is 4.86.